The number of carbonyl (C=O) groups excluding carboxylic acids is 1. The van der Waals surface area contributed by atoms with Gasteiger partial charge in [0.15, 0.2) is 0 Å². The van der Waals surface area contributed by atoms with E-state index in [4.69, 9.17) is 11.6 Å². The van der Waals surface area contributed by atoms with E-state index in [1.807, 2.05) is 38.4 Å². The fourth-order valence-corrected chi connectivity index (χ4v) is 3.07. The van der Waals surface area contributed by atoms with Gasteiger partial charge in [-0.05, 0) is 49.7 Å². The summed E-state index contributed by atoms with van der Waals surface area (Å²) >= 11 is 5.99. The normalized spacial score (nSPS) is 13.4. The molecule has 0 spiro atoms. The first-order valence-electron chi connectivity index (χ1n) is 8.82. The number of nitrogens with zero attached hydrogens (tertiary/aromatic N) is 1. The van der Waals surface area contributed by atoms with Crippen LogP contribution in [0.3, 0.4) is 0 Å². The highest BCUT2D eigenvalue weighted by Gasteiger charge is 2.16. The standard InChI is InChI=1S/C21H27ClN2O2/c1-15(17-7-5-4-6-8-17)11-21(26)23-14-18(24(2)3)12-16-9-10-20(25)19(22)13-16/h4-10,13,15,18,25H,11-12,14H2,1-3H3,(H,23,26)/t15-,18-/m0/s1. The summed E-state index contributed by atoms with van der Waals surface area (Å²) in [4.78, 5) is 14.4. The van der Waals surface area contributed by atoms with E-state index in [1.54, 1.807) is 12.1 Å². The maximum absolute atomic E-state index is 12.3. The molecule has 2 rings (SSSR count). The molecule has 0 saturated carbocycles. The summed E-state index contributed by atoms with van der Waals surface area (Å²) in [7, 11) is 3.98. The molecule has 0 aliphatic rings. The number of rotatable bonds is 8. The second-order valence-electron chi connectivity index (χ2n) is 6.93. The van der Waals surface area contributed by atoms with Gasteiger partial charge >= 0.3 is 0 Å². The largest absolute Gasteiger partial charge is 0.506 e. The highest BCUT2D eigenvalue weighted by Crippen LogP contribution is 2.24. The zero-order chi connectivity index (χ0) is 19.1. The molecular weight excluding hydrogens is 348 g/mol. The Morgan fingerprint density at radius 3 is 2.50 bits per heavy atom. The van der Waals surface area contributed by atoms with E-state index in [1.165, 1.54) is 5.56 Å². The van der Waals surface area contributed by atoms with Crippen molar-refractivity contribution in [3.05, 3.63) is 64.7 Å². The van der Waals surface area contributed by atoms with Crippen LogP contribution >= 0.6 is 11.6 Å². The minimum absolute atomic E-state index is 0.0527. The Hall–Kier alpha value is -2.04. The van der Waals surface area contributed by atoms with Crippen molar-refractivity contribution in [2.45, 2.75) is 31.7 Å². The molecule has 0 unspecified atom stereocenters. The van der Waals surface area contributed by atoms with Crippen molar-refractivity contribution in [3.8, 4) is 5.75 Å². The quantitative estimate of drug-likeness (QED) is 0.738. The molecule has 4 nitrogen and oxygen atoms in total. The number of hydrogen-bond donors (Lipinski definition) is 2. The summed E-state index contributed by atoms with van der Waals surface area (Å²) in [5.41, 5.74) is 2.20. The highest BCUT2D eigenvalue weighted by molar-refractivity contribution is 6.32. The molecule has 0 saturated heterocycles. The molecule has 5 heteroatoms. The fraction of sp³-hybridized carbons (Fsp3) is 0.381. The van der Waals surface area contributed by atoms with Crippen molar-refractivity contribution in [2.75, 3.05) is 20.6 Å². The first kappa shape index (κ1) is 20.3. The molecule has 0 aliphatic carbocycles. The van der Waals surface area contributed by atoms with Gasteiger partial charge in [-0.15, -0.1) is 0 Å². The lowest BCUT2D eigenvalue weighted by Crippen LogP contribution is -2.41. The van der Waals surface area contributed by atoms with E-state index >= 15 is 0 Å². The summed E-state index contributed by atoms with van der Waals surface area (Å²) in [5, 5.41) is 12.9. The van der Waals surface area contributed by atoms with E-state index < -0.39 is 0 Å². The summed E-state index contributed by atoms with van der Waals surface area (Å²) in [5.74, 6) is 0.321. The Balaban J connectivity index is 1.89. The number of phenolic OH excluding ortho intramolecular Hbond substituents is 1. The van der Waals surface area contributed by atoms with E-state index in [-0.39, 0.29) is 23.6 Å². The second kappa shape index (κ2) is 9.60. The maximum Gasteiger partial charge on any atom is 0.220 e. The van der Waals surface area contributed by atoms with E-state index in [0.29, 0.717) is 18.0 Å². The maximum atomic E-state index is 12.3. The lowest BCUT2D eigenvalue weighted by Gasteiger charge is -2.25. The van der Waals surface area contributed by atoms with E-state index in [0.717, 1.165) is 12.0 Å². The van der Waals surface area contributed by atoms with E-state index in [2.05, 4.69) is 29.3 Å². The van der Waals surface area contributed by atoms with Gasteiger partial charge in [-0.1, -0.05) is 54.9 Å². The van der Waals surface area contributed by atoms with Crippen LogP contribution in [0.5, 0.6) is 5.75 Å². The van der Waals surface area contributed by atoms with Crippen molar-refractivity contribution in [2.24, 2.45) is 0 Å². The van der Waals surface area contributed by atoms with Gasteiger partial charge in [0.05, 0.1) is 5.02 Å². The molecule has 2 N–H and O–H groups in total. The second-order valence-corrected chi connectivity index (χ2v) is 7.33. The van der Waals surface area contributed by atoms with Crippen LogP contribution < -0.4 is 5.32 Å². The molecule has 140 valence electrons. The smallest absolute Gasteiger partial charge is 0.220 e. The molecule has 0 heterocycles. The van der Waals surface area contributed by atoms with Gasteiger partial charge in [0.1, 0.15) is 5.75 Å². The third-order valence-electron chi connectivity index (χ3n) is 4.61. The number of carbonyl (C=O) groups is 1. The Morgan fingerprint density at radius 1 is 1.19 bits per heavy atom. The van der Waals surface area contributed by atoms with Crippen molar-refractivity contribution in [1.82, 2.24) is 10.2 Å². The van der Waals surface area contributed by atoms with Gasteiger partial charge in [0.2, 0.25) is 5.91 Å². The number of halogens is 1. The summed E-state index contributed by atoms with van der Waals surface area (Å²) < 4.78 is 0. The van der Waals surface area contributed by atoms with Crippen molar-refractivity contribution in [1.29, 1.82) is 0 Å². The van der Waals surface area contributed by atoms with Crippen molar-refractivity contribution >= 4 is 17.5 Å². The van der Waals surface area contributed by atoms with Gasteiger partial charge in [-0.2, -0.15) is 0 Å². The van der Waals surface area contributed by atoms with Crippen LogP contribution in [-0.2, 0) is 11.2 Å². The molecule has 0 aliphatic heterocycles. The van der Waals surface area contributed by atoms with Gasteiger partial charge in [0, 0.05) is 19.0 Å². The zero-order valence-corrected chi connectivity index (χ0v) is 16.3. The van der Waals surface area contributed by atoms with Gasteiger partial charge < -0.3 is 15.3 Å². The van der Waals surface area contributed by atoms with Gasteiger partial charge in [-0.3, -0.25) is 4.79 Å². The Morgan fingerprint density at radius 2 is 1.88 bits per heavy atom. The van der Waals surface area contributed by atoms with Crippen LogP contribution in [-0.4, -0.2) is 42.6 Å². The van der Waals surface area contributed by atoms with Crippen LogP contribution in [0.15, 0.2) is 48.5 Å². The Labute approximate surface area is 160 Å². The average molecular weight is 375 g/mol. The van der Waals surface area contributed by atoms with Gasteiger partial charge in [0.25, 0.3) is 0 Å². The molecule has 0 radical (unpaired) electrons. The number of aromatic hydroxyl groups is 1. The SMILES string of the molecule is C[C@@H](CC(=O)NC[C@H](Cc1ccc(O)c(Cl)c1)N(C)C)c1ccccc1. The topological polar surface area (TPSA) is 52.6 Å². The average Bonchev–Trinajstić information content (AvgIpc) is 2.62. The third kappa shape index (κ3) is 6.04. The lowest BCUT2D eigenvalue weighted by atomic mass is 9.97. The van der Waals surface area contributed by atoms with E-state index in [9.17, 15) is 9.90 Å². The fourth-order valence-electron chi connectivity index (χ4n) is 2.87. The van der Waals surface area contributed by atoms with Crippen molar-refractivity contribution in [3.63, 3.8) is 0 Å². The molecule has 0 bridgehead atoms. The monoisotopic (exact) mass is 374 g/mol. The number of amides is 1. The lowest BCUT2D eigenvalue weighted by molar-refractivity contribution is -0.121. The zero-order valence-electron chi connectivity index (χ0n) is 15.6. The van der Waals surface area contributed by atoms with Crippen LogP contribution in [0.4, 0.5) is 0 Å². The van der Waals surface area contributed by atoms with Crippen LogP contribution in [0, 0.1) is 0 Å². The van der Waals surface area contributed by atoms with Crippen LogP contribution in [0.25, 0.3) is 0 Å². The Bertz CT molecular complexity index is 719. The summed E-state index contributed by atoms with van der Waals surface area (Å²) in [6.07, 6.45) is 1.21. The number of phenols is 1. The number of benzene rings is 2. The molecule has 0 fully saturated rings. The highest BCUT2D eigenvalue weighted by atomic mass is 35.5. The molecule has 2 aromatic carbocycles. The van der Waals surface area contributed by atoms with Gasteiger partial charge in [-0.25, -0.2) is 0 Å². The minimum atomic E-state index is 0.0527. The predicted molar refractivity (Wildman–Crippen MR) is 107 cm³/mol. The minimum Gasteiger partial charge on any atom is -0.506 e. The molecule has 0 aromatic heterocycles. The number of hydrogen-bond acceptors (Lipinski definition) is 3. The van der Waals surface area contributed by atoms with Crippen LogP contribution in [0.1, 0.15) is 30.4 Å². The molecule has 2 atom stereocenters. The number of nitrogens with one attached hydrogen (secondary N) is 1. The third-order valence-corrected chi connectivity index (χ3v) is 4.91. The first-order chi connectivity index (χ1) is 12.4. The Kier molecular flexibility index (Phi) is 7.49. The molecule has 2 aromatic rings. The van der Waals surface area contributed by atoms with Crippen LogP contribution in [0.2, 0.25) is 5.02 Å². The predicted octanol–water partition coefficient (Wildman–Crippen LogP) is 3.83. The number of likely N-dealkylation sites (N-methyl/N-ethyl adjacent to an activating group) is 1. The molecular formula is C21H27ClN2O2. The molecule has 26 heavy (non-hydrogen) atoms. The van der Waals surface area contributed by atoms with Crippen molar-refractivity contribution < 1.29 is 9.90 Å². The summed E-state index contributed by atoms with van der Waals surface area (Å²) in [6, 6.07) is 15.4. The molecule has 1 amide bonds. The first-order valence-corrected chi connectivity index (χ1v) is 9.20. The summed E-state index contributed by atoms with van der Waals surface area (Å²) in [6.45, 7) is 2.63.